The maximum absolute atomic E-state index is 12.9. The minimum atomic E-state index is -0.617. The fourth-order valence-corrected chi connectivity index (χ4v) is 4.61. The van der Waals surface area contributed by atoms with Gasteiger partial charge in [0.25, 0.3) is 5.91 Å². The molecule has 0 bridgehead atoms. The third-order valence-electron chi connectivity index (χ3n) is 6.30. The number of anilines is 1. The third-order valence-corrected chi connectivity index (χ3v) is 6.30. The van der Waals surface area contributed by atoms with Gasteiger partial charge >= 0.3 is 0 Å². The fraction of sp³-hybridized carbons (Fsp3) is 0.409. The van der Waals surface area contributed by atoms with Crippen LogP contribution in [0.1, 0.15) is 52.0 Å². The summed E-state index contributed by atoms with van der Waals surface area (Å²) in [6.45, 7) is 0.819. The van der Waals surface area contributed by atoms with Crippen LogP contribution in [0.2, 0.25) is 0 Å². The summed E-state index contributed by atoms with van der Waals surface area (Å²) in [6, 6.07) is 5.15. The molecule has 2 unspecified atom stereocenters. The van der Waals surface area contributed by atoms with Gasteiger partial charge in [-0.3, -0.25) is 19.7 Å². The number of rotatable bonds is 4. The highest BCUT2D eigenvalue weighted by Gasteiger charge is 2.39. The highest BCUT2D eigenvalue weighted by Crippen LogP contribution is 2.30. The maximum Gasteiger partial charge on any atom is 0.255 e. The number of nitrogens with two attached hydrogens (primary N) is 1. The van der Waals surface area contributed by atoms with E-state index in [1.54, 1.807) is 11.0 Å². The molecule has 0 spiro atoms. The molecule has 31 heavy (non-hydrogen) atoms. The summed E-state index contributed by atoms with van der Waals surface area (Å²) in [7, 11) is 0. The number of aryl methyl sites for hydroxylation is 1. The van der Waals surface area contributed by atoms with E-state index in [4.69, 9.17) is 5.73 Å². The summed E-state index contributed by atoms with van der Waals surface area (Å²) >= 11 is 0. The van der Waals surface area contributed by atoms with Crippen LogP contribution >= 0.6 is 0 Å². The van der Waals surface area contributed by atoms with E-state index in [9.17, 15) is 14.4 Å². The van der Waals surface area contributed by atoms with Gasteiger partial charge in [-0.05, 0) is 48.4 Å². The van der Waals surface area contributed by atoms with Crippen molar-refractivity contribution in [2.24, 2.45) is 5.73 Å². The standard InChI is InChI=1S/C22H24N6O3/c23-14-4-5-17-13(8-14)10-25-22(26-17)24-9-12-2-1-3-15-16(12)11-28(21(15)31)18-6-7-19(29)27-20(18)30/h1-3,10,14,18H,4-9,11,23H2,(H,24,25,26)(H,27,29,30). The van der Waals surface area contributed by atoms with Crippen molar-refractivity contribution in [3.63, 3.8) is 0 Å². The second-order valence-corrected chi connectivity index (χ2v) is 8.37. The van der Waals surface area contributed by atoms with E-state index in [-0.39, 0.29) is 24.3 Å². The first kappa shape index (κ1) is 19.6. The minimum Gasteiger partial charge on any atom is -0.350 e. The van der Waals surface area contributed by atoms with Crippen LogP contribution in [0.15, 0.2) is 24.4 Å². The van der Waals surface area contributed by atoms with Crippen LogP contribution in [0, 0.1) is 0 Å². The summed E-state index contributed by atoms with van der Waals surface area (Å²) in [5.74, 6) is -0.313. The number of carbonyl (C=O) groups is 3. The molecular formula is C22H24N6O3. The zero-order valence-corrected chi connectivity index (χ0v) is 17.1. The number of nitrogens with one attached hydrogen (secondary N) is 2. The second-order valence-electron chi connectivity index (χ2n) is 8.37. The fourth-order valence-electron chi connectivity index (χ4n) is 4.61. The van der Waals surface area contributed by atoms with Gasteiger partial charge in [0.1, 0.15) is 6.04 Å². The van der Waals surface area contributed by atoms with E-state index in [1.165, 1.54) is 0 Å². The number of amides is 3. The molecular weight excluding hydrogens is 396 g/mol. The molecule has 2 atom stereocenters. The van der Waals surface area contributed by atoms with E-state index in [0.717, 1.165) is 41.6 Å². The first-order valence-corrected chi connectivity index (χ1v) is 10.6. The Morgan fingerprint density at radius 1 is 1.19 bits per heavy atom. The van der Waals surface area contributed by atoms with Crippen LogP contribution in [0.4, 0.5) is 5.95 Å². The van der Waals surface area contributed by atoms with Gasteiger partial charge in [-0.2, -0.15) is 0 Å². The summed E-state index contributed by atoms with van der Waals surface area (Å²) in [5.41, 5.74) is 10.6. The van der Waals surface area contributed by atoms with E-state index in [2.05, 4.69) is 20.6 Å². The Morgan fingerprint density at radius 2 is 2.06 bits per heavy atom. The minimum absolute atomic E-state index is 0.173. The van der Waals surface area contributed by atoms with Crippen molar-refractivity contribution < 1.29 is 14.4 Å². The Balaban J connectivity index is 1.32. The Morgan fingerprint density at radius 3 is 2.90 bits per heavy atom. The van der Waals surface area contributed by atoms with E-state index >= 15 is 0 Å². The highest BCUT2D eigenvalue weighted by atomic mass is 16.2. The predicted octanol–water partition coefficient (Wildman–Crippen LogP) is 0.666. The third kappa shape index (κ3) is 3.65. The predicted molar refractivity (Wildman–Crippen MR) is 112 cm³/mol. The molecule has 0 saturated carbocycles. The molecule has 1 aliphatic carbocycles. The molecule has 1 aromatic carbocycles. The molecule has 3 heterocycles. The summed E-state index contributed by atoms with van der Waals surface area (Å²) < 4.78 is 0. The number of piperidine rings is 1. The number of hydrogen-bond acceptors (Lipinski definition) is 7. The lowest BCUT2D eigenvalue weighted by Crippen LogP contribution is -2.52. The normalized spacial score (nSPS) is 22.7. The van der Waals surface area contributed by atoms with Crippen molar-refractivity contribution in [2.45, 2.75) is 57.3 Å². The summed E-state index contributed by atoms with van der Waals surface area (Å²) in [4.78, 5) is 47.3. The van der Waals surface area contributed by atoms with Gasteiger partial charge in [-0.15, -0.1) is 0 Å². The van der Waals surface area contributed by atoms with Gasteiger partial charge in [0, 0.05) is 43.0 Å². The first-order valence-electron chi connectivity index (χ1n) is 10.6. The van der Waals surface area contributed by atoms with Crippen LogP contribution in [-0.4, -0.2) is 44.7 Å². The topological polar surface area (TPSA) is 130 Å². The van der Waals surface area contributed by atoms with Gasteiger partial charge in [0.2, 0.25) is 17.8 Å². The van der Waals surface area contributed by atoms with E-state index in [1.807, 2.05) is 18.3 Å². The Kier molecular flexibility index (Phi) is 4.90. The van der Waals surface area contributed by atoms with E-state index in [0.29, 0.717) is 31.0 Å². The molecule has 2 aliphatic heterocycles. The number of imide groups is 1. The smallest absolute Gasteiger partial charge is 0.255 e. The second kappa shape index (κ2) is 7.73. The maximum atomic E-state index is 12.9. The number of fused-ring (bicyclic) bond motifs is 2. The molecule has 5 rings (SSSR count). The van der Waals surface area contributed by atoms with Gasteiger partial charge in [0.15, 0.2) is 0 Å². The number of carbonyl (C=O) groups excluding carboxylic acids is 3. The monoisotopic (exact) mass is 420 g/mol. The van der Waals surface area contributed by atoms with Crippen molar-refractivity contribution in [3.8, 4) is 0 Å². The lowest BCUT2D eigenvalue weighted by Gasteiger charge is -2.29. The van der Waals surface area contributed by atoms with Crippen molar-refractivity contribution in [1.29, 1.82) is 0 Å². The Hall–Kier alpha value is -3.33. The Labute approximate surface area is 179 Å². The zero-order chi connectivity index (χ0) is 21.5. The van der Waals surface area contributed by atoms with Gasteiger partial charge < -0.3 is 16.0 Å². The van der Waals surface area contributed by atoms with Crippen LogP contribution in [0.5, 0.6) is 0 Å². The molecule has 4 N–H and O–H groups in total. The molecule has 2 aromatic rings. The van der Waals surface area contributed by atoms with Gasteiger partial charge in [-0.1, -0.05) is 12.1 Å². The summed E-state index contributed by atoms with van der Waals surface area (Å²) in [5, 5.41) is 5.60. The van der Waals surface area contributed by atoms with Crippen LogP contribution in [0.25, 0.3) is 0 Å². The average Bonchev–Trinajstić information content (AvgIpc) is 3.09. The highest BCUT2D eigenvalue weighted by molar-refractivity contribution is 6.05. The lowest BCUT2D eigenvalue weighted by molar-refractivity contribution is -0.136. The van der Waals surface area contributed by atoms with Crippen molar-refractivity contribution in [3.05, 3.63) is 52.3 Å². The molecule has 3 aliphatic rings. The van der Waals surface area contributed by atoms with Crippen LogP contribution in [0.3, 0.4) is 0 Å². The number of aromatic nitrogens is 2. The Bertz CT molecular complexity index is 1080. The van der Waals surface area contributed by atoms with Gasteiger partial charge in [0.05, 0.1) is 0 Å². The molecule has 160 valence electrons. The molecule has 0 radical (unpaired) electrons. The average molecular weight is 420 g/mol. The molecule has 9 nitrogen and oxygen atoms in total. The SMILES string of the molecule is NC1CCc2nc(NCc3cccc4c3CN(C3CCC(=O)NC3=O)C4=O)ncc2C1. The molecule has 3 amide bonds. The van der Waals surface area contributed by atoms with E-state index < -0.39 is 11.9 Å². The van der Waals surface area contributed by atoms with Crippen LogP contribution in [-0.2, 0) is 35.5 Å². The number of hydrogen-bond donors (Lipinski definition) is 3. The van der Waals surface area contributed by atoms with Crippen LogP contribution < -0.4 is 16.4 Å². The largest absolute Gasteiger partial charge is 0.350 e. The number of benzene rings is 1. The molecule has 9 heteroatoms. The molecule has 1 aromatic heterocycles. The number of nitrogens with zero attached hydrogens (tertiary/aromatic N) is 3. The first-order chi connectivity index (χ1) is 15.0. The lowest BCUT2D eigenvalue weighted by atomic mass is 9.94. The quantitative estimate of drug-likeness (QED) is 0.620. The van der Waals surface area contributed by atoms with Crippen molar-refractivity contribution >= 4 is 23.7 Å². The van der Waals surface area contributed by atoms with Gasteiger partial charge in [-0.25, -0.2) is 9.97 Å². The molecule has 1 saturated heterocycles. The molecule has 1 fully saturated rings. The van der Waals surface area contributed by atoms with Crippen molar-refractivity contribution in [1.82, 2.24) is 20.2 Å². The summed E-state index contributed by atoms with van der Waals surface area (Å²) in [6.07, 6.45) is 5.02. The zero-order valence-electron chi connectivity index (χ0n) is 17.1. The van der Waals surface area contributed by atoms with Crippen molar-refractivity contribution in [2.75, 3.05) is 5.32 Å².